The fourth-order valence-corrected chi connectivity index (χ4v) is 2.39. The molecule has 2 heteroatoms. The molecule has 0 bridgehead atoms. The summed E-state index contributed by atoms with van der Waals surface area (Å²) in [5.41, 5.74) is 6.23. The van der Waals surface area contributed by atoms with Crippen LogP contribution in [0.3, 0.4) is 0 Å². The van der Waals surface area contributed by atoms with Gasteiger partial charge in [0.15, 0.2) is 0 Å². The molecule has 0 amide bonds. The van der Waals surface area contributed by atoms with Gasteiger partial charge in [-0.15, -0.1) is 0 Å². The molecule has 2 rings (SSSR count). The molecule has 16 heavy (non-hydrogen) atoms. The Morgan fingerprint density at radius 1 is 1.00 bits per heavy atom. The van der Waals surface area contributed by atoms with Crippen molar-refractivity contribution in [3.05, 3.63) is 51.7 Å². The van der Waals surface area contributed by atoms with Crippen LogP contribution in [0.2, 0.25) is 0 Å². The van der Waals surface area contributed by atoms with Gasteiger partial charge in [-0.2, -0.15) is 0 Å². The SMILES string of the molecule is Cc1cc(C)c(-c2cccc(=S)[nH]2)c(C)c1. The average molecular weight is 229 g/mol. The molecule has 1 N–H and O–H groups in total. The molecule has 0 saturated heterocycles. The summed E-state index contributed by atoms with van der Waals surface area (Å²) >= 11 is 5.16. The highest BCUT2D eigenvalue weighted by Crippen LogP contribution is 2.26. The number of hydrogen-bond donors (Lipinski definition) is 1. The number of H-pyrrole nitrogens is 1. The largest absolute Gasteiger partial charge is 0.346 e. The molecule has 1 nitrogen and oxygen atoms in total. The minimum atomic E-state index is 0.775. The predicted octanol–water partition coefficient (Wildman–Crippen LogP) is 4.34. The lowest BCUT2D eigenvalue weighted by Gasteiger charge is -2.11. The fourth-order valence-electron chi connectivity index (χ4n) is 2.20. The zero-order chi connectivity index (χ0) is 11.7. The maximum Gasteiger partial charge on any atom is 0.103 e. The van der Waals surface area contributed by atoms with E-state index in [-0.39, 0.29) is 0 Å². The molecule has 0 saturated carbocycles. The quantitative estimate of drug-likeness (QED) is 0.719. The van der Waals surface area contributed by atoms with E-state index in [1.165, 1.54) is 22.3 Å². The number of aromatic amines is 1. The lowest BCUT2D eigenvalue weighted by atomic mass is 9.97. The van der Waals surface area contributed by atoms with Crippen molar-refractivity contribution in [3.63, 3.8) is 0 Å². The molecule has 0 aliphatic rings. The Bertz CT molecular complexity index is 558. The molecule has 1 heterocycles. The van der Waals surface area contributed by atoms with Crippen molar-refractivity contribution in [1.29, 1.82) is 0 Å². The molecule has 0 fully saturated rings. The van der Waals surface area contributed by atoms with Crippen molar-refractivity contribution < 1.29 is 0 Å². The molecule has 0 spiro atoms. The first-order valence-corrected chi connectivity index (χ1v) is 5.76. The van der Waals surface area contributed by atoms with Gasteiger partial charge in [0.2, 0.25) is 0 Å². The summed E-state index contributed by atoms with van der Waals surface area (Å²) < 4.78 is 0.775. The summed E-state index contributed by atoms with van der Waals surface area (Å²) in [6, 6.07) is 10.4. The van der Waals surface area contributed by atoms with Gasteiger partial charge < -0.3 is 4.98 Å². The third-order valence-electron chi connectivity index (χ3n) is 2.71. The fraction of sp³-hybridized carbons (Fsp3) is 0.214. The third kappa shape index (κ3) is 2.07. The highest BCUT2D eigenvalue weighted by atomic mass is 32.1. The van der Waals surface area contributed by atoms with Gasteiger partial charge >= 0.3 is 0 Å². The molecule has 1 aromatic heterocycles. The number of rotatable bonds is 1. The van der Waals surface area contributed by atoms with E-state index in [1.807, 2.05) is 12.1 Å². The summed E-state index contributed by atoms with van der Waals surface area (Å²) in [4.78, 5) is 3.24. The number of nitrogens with one attached hydrogen (secondary N) is 1. The van der Waals surface area contributed by atoms with Crippen LogP contribution in [0.5, 0.6) is 0 Å². The van der Waals surface area contributed by atoms with E-state index in [0.29, 0.717) is 0 Å². The number of hydrogen-bond acceptors (Lipinski definition) is 1. The predicted molar refractivity (Wildman–Crippen MR) is 71.3 cm³/mol. The molecule has 0 atom stereocenters. The van der Waals surface area contributed by atoms with Gasteiger partial charge in [-0.1, -0.05) is 36.0 Å². The molecule has 2 aromatic rings. The van der Waals surface area contributed by atoms with Crippen molar-refractivity contribution in [3.8, 4) is 11.3 Å². The Morgan fingerprint density at radius 2 is 1.62 bits per heavy atom. The summed E-state index contributed by atoms with van der Waals surface area (Å²) in [5.74, 6) is 0. The van der Waals surface area contributed by atoms with Crippen LogP contribution < -0.4 is 0 Å². The van der Waals surface area contributed by atoms with Gasteiger partial charge in [0, 0.05) is 11.3 Å². The van der Waals surface area contributed by atoms with Gasteiger partial charge in [0.1, 0.15) is 4.64 Å². The highest BCUT2D eigenvalue weighted by Gasteiger charge is 2.06. The highest BCUT2D eigenvalue weighted by molar-refractivity contribution is 7.71. The van der Waals surface area contributed by atoms with Crippen LogP contribution in [-0.2, 0) is 0 Å². The summed E-state index contributed by atoms with van der Waals surface area (Å²) in [6.45, 7) is 6.40. The maximum atomic E-state index is 5.16. The molecule has 82 valence electrons. The van der Waals surface area contributed by atoms with Crippen LogP contribution in [0.1, 0.15) is 16.7 Å². The van der Waals surface area contributed by atoms with E-state index in [2.05, 4.69) is 44.0 Å². The first-order valence-electron chi connectivity index (χ1n) is 5.35. The lowest BCUT2D eigenvalue weighted by Crippen LogP contribution is -1.92. The van der Waals surface area contributed by atoms with Crippen molar-refractivity contribution in [2.75, 3.05) is 0 Å². The van der Waals surface area contributed by atoms with Crippen LogP contribution in [0.25, 0.3) is 11.3 Å². The van der Waals surface area contributed by atoms with E-state index in [1.54, 1.807) is 0 Å². The monoisotopic (exact) mass is 229 g/mol. The van der Waals surface area contributed by atoms with Crippen LogP contribution in [-0.4, -0.2) is 4.98 Å². The normalized spacial score (nSPS) is 10.4. The minimum absolute atomic E-state index is 0.775. The topological polar surface area (TPSA) is 15.8 Å². The first-order chi connectivity index (χ1) is 7.58. The van der Waals surface area contributed by atoms with Crippen LogP contribution in [0.15, 0.2) is 30.3 Å². The number of aryl methyl sites for hydroxylation is 3. The first kappa shape index (κ1) is 11.1. The van der Waals surface area contributed by atoms with Gasteiger partial charge in [-0.05, 0) is 44.0 Å². The van der Waals surface area contributed by atoms with E-state index < -0.39 is 0 Å². The van der Waals surface area contributed by atoms with Gasteiger partial charge in [-0.25, -0.2) is 0 Å². The standard InChI is InChI=1S/C14H15NS/c1-9-7-10(2)14(11(3)8-9)12-5-4-6-13(16)15-12/h4-8H,1-3H3,(H,15,16). The second-order valence-electron chi connectivity index (χ2n) is 4.20. The molecule has 0 unspecified atom stereocenters. The maximum absolute atomic E-state index is 5.16. The second-order valence-corrected chi connectivity index (χ2v) is 4.64. The van der Waals surface area contributed by atoms with E-state index in [4.69, 9.17) is 12.2 Å². The Labute approximate surface area is 101 Å². The van der Waals surface area contributed by atoms with Gasteiger partial charge in [0.25, 0.3) is 0 Å². The Kier molecular flexibility index (Phi) is 2.92. The minimum Gasteiger partial charge on any atom is -0.346 e. The van der Waals surface area contributed by atoms with E-state index >= 15 is 0 Å². The van der Waals surface area contributed by atoms with E-state index in [9.17, 15) is 0 Å². The van der Waals surface area contributed by atoms with Crippen molar-refractivity contribution >= 4 is 12.2 Å². The zero-order valence-electron chi connectivity index (χ0n) is 9.79. The summed E-state index contributed by atoms with van der Waals surface area (Å²) in [6.07, 6.45) is 0. The third-order valence-corrected chi connectivity index (χ3v) is 2.95. The Balaban J connectivity index is 2.69. The molecule has 0 aliphatic heterocycles. The Morgan fingerprint density at radius 3 is 2.19 bits per heavy atom. The van der Waals surface area contributed by atoms with E-state index in [0.717, 1.165) is 10.3 Å². The Hall–Kier alpha value is -1.41. The number of aromatic nitrogens is 1. The van der Waals surface area contributed by atoms with Crippen LogP contribution in [0.4, 0.5) is 0 Å². The van der Waals surface area contributed by atoms with Gasteiger partial charge in [-0.3, -0.25) is 0 Å². The molecule has 0 radical (unpaired) electrons. The van der Waals surface area contributed by atoms with Crippen molar-refractivity contribution in [1.82, 2.24) is 4.98 Å². The second kappa shape index (κ2) is 4.22. The zero-order valence-corrected chi connectivity index (χ0v) is 10.6. The van der Waals surface area contributed by atoms with Gasteiger partial charge in [0.05, 0.1) is 0 Å². The molecular weight excluding hydrogens is 214 g/mol. The van der Waals surface area contributed by atoms with Crippen molar-refractivity contribution in [2.45, 2.75) is 20.8 Å². The van der Waals surface area contributed by atoms with Crippen LogP contribution in [0, 0.1) is 25.4 Å². The lowest BCUT2D eigenvalue weighted by molar-refractivity contribution is 1.25. The molecular formula is C14H15NS. The number of pyridine rings is 1. The summed E-state index contributed by atoms with van der Waals surface area (Å²) in [5, 5.41) is 0. The van der Waals surface area contributed by atoms with Crippen molar-refractivity contribution in [2.24, 2.45) is 0 Å². The average Bonchev–Trinajstić information content (AvgIpc) is 2.15. The number of benzene rings is 1. The summed E-state index contributed by atoms with van der Waals surface area (Å²) in [7, 11) is 0. The molecule has 0 aliphatic carbocycles. The molecule has 1 aromatic carbocycles. The smallest absolute Gasteiger partial charge is 0.103 e. The van der Waals surface area contributed by atoms with Crippen LogP contribution >= 0.6 is 12.2 Å².